The molecule has 1 aliphatic rings. The molecule has 1 heterocycles. The van der Waals surface area contributed by atoms with Crippen LogP contribution in [-0.4, -0.2) is 24.2 Å². The topological polar surface area (TPSA) is 72.8 Å². The van der Waals surface area contributed by atoms with E-state index in [2.05, 4.69) is 0 Å². The van der Waals surface area contributed by atoms with Crippen molar-refractivity contribution in [3.8, 4) is 5.75 Å². The van der Waals surface area contributed by atoms with E-state index in [9.17, 15) is 9.59 Å². The van der Waals surface area contributed by atoms with E-state index in [1.54, 1.807) is 24.3 Å². The number of hydrogen-bond donors (Lipinski definition) is 1. The van der Waals surface area contributed by atoms with Crippen LogP contribution in [0.3, 0.4) is 0 Å². The molecule has 0 aromatic heterocycles. The number of carbonyl (C=O) groups is 2. The summed E-state index contributed by atoms with van der Waals surface area (Å²) in [6.45, 7) is 0. The molecule has 0 spiro atoms. The van der Waals surface area contributed by atoms with Crippen molar-refractivity contribution in [1.82, 2.24) is 0 Å². The maximum absolute atomic E-state index is 11.2. The lowest BCUT2D eigenvalue weighted by atomic mass is 9.95. The molecule has 0 aliphatic carbocycles. The maximum atomic E-state index is 11.2. The smallest absolute Gasteiger partial charge is 0.311 e. The number of cyclic esters (lactones) is 1. The Hall–Kier alpha value is -2.04. The molecular weight excluding hydrogens is 224 g/mol. The predicted molar refractivity (Wildman–Crippen MR) is 57.6 cm³/mol. The van der Waals surface area contributed by atoms with Crippen LogP contribution >= 0.6 is 0 Å². The normalized spacial score (nSPS) is 23.2. The van der Waals surface area contributed by atoms with E-state index < -0.39 is 24.0 Å². The van der Waals surface area contributed by atoms with E-state index in [-0.39, 0.29) is 6.42 Å². The Morgan fingerprint density at radius 3 is 2.94 bits per heavy atom. The van der Waals surface area contributed by atoms with Gasteiger partial charge in [-0.25, -0.2) is 0 Å². The fraction of sp³-hybridized carbons (Fsp3) is 0.333. The third-order valence-corrected chi connectivity index (χ3v) is 2.75. The minimum atomic E-state index is -1.02. The Labute approximate surface area is 98.0 Å². The minimum absolute atomic E-state index is 0.0861. The van der Waals surface area contributed by atoms with Gasteiger partial charge in [0.1, 0.15) is 17.8 Å². The Kier molecular flexibility index (Phi) is 2.99. The van der Waals surface area contributed by atoms with Crippen molar-refractivity contribution in [3.63, 3.8) is 0 Å². The molecule has 0 saturated carbocycles. The van der Waals surface area contributed by atoms with Crippen molar-refractivity contribution in [3.05, 3.63) is 29.8 Å². The summed E-state index contributed by atoms with van der Waals surface area (Å²) >= 11 is 0. The predicted octanol–water partition coefficient (Wildman–Crippen LogP) is 1.38. The lowest BCUT2D eigenvalue weighted by Gasteiger charge is -2.15. The van der Waals surface area contributed by atoms with Crippen LogP contribution in [0.2, 0.25) is 0 Å². The largest absolute Gasteiger partial charge is 0.497 e. The van der Waals surface area contributed by atoms with Crippen molar-refractivity contribution < 1.29 is 24.2 Å². The van der Waals surface area contributed by atoms with Crippen LogP contribution in [0, 0.1) is 5.92 Å². The van der Waals surface area contributed by atoms with Gasteiger partial charge in [0.05, 0.1) is 13.5 Å². The van der Waals surface area contributed by atoms with E-state index >= 15 is 0 Å². The third-order valence-electron chi connectivity index (χ3n) is 2.75. The number of esters is 1. The summed E-state index contributed by atoms with van der Waals surface area (Å²) in [5.74, 6) is -1.72. The van der Waals surface area contributed by atoms with Gasteiger partial charge < -0.3 is 14.6 Å². The van der Waals surface area contributed by atoms with Gasteiger partial charge in [-0.2, -0.15) is 0 Å². The molecule has 1 aromatic rings. The average molecular weight is 236 g/mol. The second kappa shape index (κ2) is 4.45. The summed E-state index contributed by atoms with van der Waals surface area (Å²) in [5, 5.41) is 9.03. The van der Waals surface area contributed by atoms with Gasteiger partial charge >= 0.3 is 11.9 Å². The minimum Gasteiger partial charge on any atom is -0.497 e. The van der Waals surface area contributed by atoms with Crippen molar-refractivity contribution in [2.45, 2.75) is 12.5 Å². The highest BCUT2D eigenvalue weighted by atomic mass is 16.6. The van der Waals surface area contributed by atoms with Crippen LogP contribution in [0.5, 0.6) is 5.75 Å². The van der Waals surface area contributed by atoms with Gasteiger partial charge in [-0.1, -0.05) is 12.1 Å². The summed E-state index contributed by atoms with van der Waals surface area (Å²) in [6.07, 6.45) is -0.813. The van der Waals surface area contributed by atoms with Gasteiger partial charge in [0.15, 0.2) is 0 Å². The molecule has 17 heavy (non-hydrogen) atoms. The van der Waals surface area contributed by atoms with E-state index in [0.29, 0.717) is 11.3 Å². The molecule has 5 nitrogen and oxygen atoms in total. The Balaban J connectivity index is 2.31. The highest BCUT2D eigenvalue weighted by Crippen LogP contribution is 2.36. The number of methoxy groups -OCH3 is 1. The molecule has 0 unspecified atom stereocenters. The van der Waals surface area contributed by atoms with Gasteiger partial charge in [0.2, 0.25) is 0 Å². The Morgan fingerprint density at radius 1 is 1.53 bits per heavy atom. The quantitative estimate of drug-likeness (QED) is 0.803. The summed E-state index contributed by atoms with van der Waals surface area (Å²) in [5.41, 5.74) is 0.641. The lowest BCUT2D eigenvalue weighted by molar-refractivity contribution is -0.144. The van der Waals surface area contributed by atoms with Gasteiger partial charge in [-0.05, 0) is 17.7 Å². The van der Waals surface area contributed by atoms with Crippen LogP contribution in [0.4, 0.5) is 0 Å². The zero-order valence-corrected chi connectivity index (χ0v) is 9.25. The number of rotatable bonds is 3. The molecule has 0 radical (unpaired) electrons. The van der Waals surface area contributed by atoms with Crippen molar-refractivity contribution in [1.29, 1.82) is 0 Å². The van der Waals surface area contributed by atoms with Crippen LogP contribution in [0.25, 0.3) is 0 Å². The van der Waals surface area contributed by atoms with E-state index in [4.69, 9.17) is 14.6 Å². The van der Waals surface area contributed by atoms with Crippen LogP contribution < -0.4 is 4.74 Å². The zero-order chi connectivity index (χ0) is 12.4. The summed E-state index contributed by atoms with van der Waals surface area (Å²) in [7, 11) is 1.52. The first-order valence-electron chi connectivity index (χ1n) is 5.18. The maximum Gasteiger partial charge on any atom is 0.311 e. The molecular formula is C12H12O5. The molecule has 5 heteroatoms. The van der Waals surface area contributed by atoms with E-state index in [1.807, 2.05) is 0 Å². The number of carbonyl (C=O) groups excluding carboxylic acids is 1. The second-order valence-corrected chi connectivity index (χ2v) is 3.84. The second-order valence-electron chi connectivity index (χ2n) is 3.84. The molecule has 1 saturated heterocycles. The van der Waals surface area contributed by atoms with Crippen LogP contribution in [0.15, 0.2) is 24.3 Å². The molecule has 2 atom stereocenters. The number of hydrogen-bond acceptors (Lipinski definition) is 4. The number of aliphatic carboxylic acids is 1. The van der Waals surface area contributed by atoms with Crippen molar-refractivity contribution in [2.24, 2.45) is 5.92 Å². The monoisotopic (exact) mass is 236 g/mol. The Morgan fingerprint density at radius 2 is 2.29 bits per heavy atom. The van der Waals surface area contributed by atoms with Gasteiger partial charge in [0, 0.05) is 0 Å². The fourth-order valence-corrected chi connectivity index (χ4v) is 1.89. The molecule has 1 fully saturated rings. The average Bonchev–Trinajstić information content (AvgIpc) is 2.72. The first-order chi connectivity index (χ1) is 8.11. The SMILES string of the molecule is COc1cccc([C@H]2OC(=O)C[C@@H]2C(=O)O)c1. The van der Waals surface area contributed by atoms with Gasteiger partial charge in [-0.15, -0.1) is 0 Å². The number of benzene rings is 1. The van der Waals surface area contributed by atoms with Crippen LogP contribution in [-0.2, 0) is 14.3 Å². The van der Waals surface area contributed by atoms with Gasteiger partial charge in [-0.3, -0.25) is 9.59 Å². The summed E-state index contributed by atoms with van der Waals surface area (Å²) in [4.78, 5) is 22.2. The molecule has 0 amide bonds. The van der Waals surface area contributed by atoms with Crippen molar-refractivity contribution >= 4 is 11.9 Å². The molecule has 1 N–H and O–H groups in total. The van der Waals surface area contributed by atoms with Gasteiger partial charge in [0.25, 0.3) is 0 Å². The Bertz CT molecular complexity index is 454. The summed E-state index contributed by atoms with van der Waals surface area (Å²) < 4.78 is 10.1. The molecule has 90 valence electrons. The highest BCUT2D eigenvalue weighted by Gasteiger charge is 2.40. The zero-order valence-electron chi connectivity index (χ0n) is 9.25. The first kappa shape index (κ1) is 11.4. The van der Waals surface area contributed by atoms with E-state index in [1.165, 1.54) is 7.11 Å². The van der Waals surface area contributed by atoms with Crippen LogP contribution in [0.1, 0.15) is 18.1 Å². The highest BCUT2D eigenvalue weighted by molar-refractivity contribution is 5.82. The lowest BCUT2D eigenvalue weighted by Crippen LogP contribution is -2.17. The molecule has 1 aliphatic heterocycles. The fourth-order valence-electron chi connectivity index (χ4n) is 1.89. The number of carboxylic acids is 1. The molecule has 0 bridgehead atoms. The third kappa shape index (κ3) is 2.22. The molecule has 1 aromatic carbocycles. The standard InChI is InChI=1S/C12H12O5/c1-16-8-4-2-3-7(5-8)11-9(12(14)15)6-10(13)17-11/h2-5,9,11H,6H2,1H3,(H,14,15)/t9-,11+/m0/s1. The van der Waals surface area contributed by atoms with Crippen molar-refractivity contribution in [2.75, 3.05) is 7.11 Å². The van der Waals surface area contributed by atoms with E-state index in [0.717, 1.165) is 0 Å². The molecule has 2 rings (SSSR count). The number of carboxylic acid groups (broad SMARTS) is 1. The number of ether oxygens (including phenoxy) is 2. The summed E-state index contributed by atoms with van der Waals surface area (Å²) in [6, 6.07) is 6.89. The first-order valence-corrected chi connectivity index (χ1v) is 5.18.